The Bertz CT molecular complexity index is 1480. The number of H-pyrrole nitrogens is 1. The SMILES string of the molecule is CCC(=C(c1ccc(OCCNCC=CC(=O)N(C)C)cc1)c1cc(F)c2[nH]nc(F)c2c1)c1ccccc1. The third-order valence-electron chi connectivity index (χ3n) is 6.30. The van der Waals surface area contributed by atoms with Crippen molar-refractivity contribution in [2.75, 3.05) is 33.8 Å². The number of aromatic nitrogens is 2. The molecule has 0 unspecified atom stereocenters. The Labute approximate surface area is 227 Å². The van der Waals surface area contributed by atoms with Gasteiger partial charge in [-0.05, 0) is 58.5 Å². The molecular formula is C31H32F2N4O2. The van der Waals surface area contributed by atoms with Crippen molar-refractivity contribution in [2.45, 2.75) is 13.3 Å². The minimum absolute atomic E-state index is 0.0468. The van der Waals surface area contributed by atoms with Gasteiger partial charge in [0.25, 0.3) is 0 Å². The number of hydrogen-bond acceptors (Lipinski definition) is 4. The van der Waals surface area contributed by atoms with Gasteiger partial charge in [0.15, 0.2) is 0 Å². The molecule has 0 saturated carbocycles. The number of fused-ring (bicyclic) bond motifs is 1. The molecule has 4 rings (SSSR count). The van der Waals surface area contributed by atoms with Gasteiger partial charge in [-0.2, -0.15) is 4.39 Å². The van der Waals surface area contributed by atoms with Crippen molar-refractivity contribution in [3.63, 3.8) is 0 Å². The van der Waals surface area contributed by atoms with Crippen LogP contribution in [0.25, 0.3) is 22.0 Å². The van der Waals surface area contributed by atoms with Crippen LogP contribution in [0.15, 0.2) is 78.9 Å². The van der Waals surface area contributed by atoms with Crippen molar-refractivity contribution in [1.29, 1.82) is 0 Å². The topological polar surface area (TPSA) is 70.2 Å². The number of ether oxygens (including phenoxy) is 1. The zero-order valence-corrected chi connectivity index (χ0v) is 22.3. The Morgan fingerprint density at radius 2 is 1.77 bits per heavy atom. The molecule has 0 aliphatic heterocycles. The van der Waals surface area contributed by atoms with E-state index in [1.807, 2.05) is 61.5 Å². The summed E-state index contributed by atoms with van der Waals surface area (Å²) in [6.45, 7) is 3.67. The van der Waals surface area contributed by atoms with Crippen LogP contribution in [-0.2, 0) is 4.79 Å². The van der Waals surface area contributed by atoms with Crippen molar-refractivity contribution in [3.8, 4) is 5.75 Å². The normalized spacial score (nSPS) is 12.1. The van der Waals surface area contributed by atoms with E-state index in [1.54, 1.807) is 26.2 Å². The van der Waals surface area contributed by atoms with Gasteiger partial charge in [-0.1, -0.05) is 55.5 Å². The van der Waals surface area contributed by atoms with Gasteiger partial charge >= 0.3 is 0 Å². The third kappa shape index (κ3) is 6.78. The molecule has 1 amide bonds. The second kappa shape index (κ2) is 13.0. The summed E-state index contributed by atoms with van der Waals surface area (Å²) in [5.41, 5.74) is 4.31. The first-order chi connectivity index (χ1) is 18.9. The minimum atomic E-state index is -0.736. The van der Waals surface area contributed by atoms with Gasteiger partial charge in [0, 0.05) is 33.3 Å². The van der Waals surface area contributed by atoms with E-state index in [9.17, 15) is 13.6 Å². The molecule has 0 atom stereocenters. The molecule has 2 N–H and O–H groups in total. The van der Waals surface area contributed by atoms with Crippen LogP contribution >= 0.6 is 0 Å². The number of carbonyl (C=O) groups is 1. The molecule has 1 aromatic heterocycles. The summed E-state index contributed by atoms with van der Waals surface area (Å²) in [7, 11) is 3.41. The highest BCUT2D eigenvalue weighted by Gasteiger charge is 2.18. The Morgan fingerprint density at radius 3 is 2.46 bits per heavy atom. The van der Waals surface area contributed by atoms with Crippen LogP contribution < -0.4 is 10.1 Å². The van der Waals surface area contributed by atoms with Crippen LogP contribution in [0.2, 0.25) is 0 Å². The molecule has 6 nitrogen and oxygen atoms in total. The maximum atomic E-state index is 15.0. The van der Waals surface area contributed by atoms with Crippen LogP contribution in [0.5, 0.6) is 5.75 Å². The highest BCUT2D eigenvalue weighted by atomic mass is 19.1. The fraction of sp³-hybridized carbons (Fsp3) is 0.226. The number of amides is 1. The molecule has 0 radical (unpaired) electrons. The number of carbonyl (C=O) groups excluding carboxylic acids is 1. The largest absolute Gasteiger partial charge is 0.492 e. The molecule has 0 fully saturated rings. The van der Waals surface area contributed by atoms with Crippen molar-refractivity contribution < 1.29 is 18.3 Å². The van der Waals surface area contributed by atoms with Gasteiger partial charge in [0.1, 0.15) is 23.7 Å². The number of likely N-dealkylation sites (N-methyl/N-ethyl adjacent to an activating group) is 1. The average molecular weight is 531 g/mol. The van der Waals surface area contributed by atoms with E-state index in [2.05, 4.69) is 15.5 Å². The summed E-state index contributed by atoms with van der Waals surface area (Å²) in [5, 5.41) is 9.28. The number of nitrogens with zero attached hydrogens (tertiary/aromatic N) is 2. The molecule has 3 aromatic carbocycles. The highest BCUT2D eigenvalue weighted by Crippen LogP contribution is 2.37. The first-order valence-electron chi connectivity index (χ1n) is 12.8. The summed E-state index contributed by atoms with van der Waals surface area (Å²) < 4.78 is 35.2. The monoisotopic (exact) mass is 530 g/mol. The number of halogens is 2. The van der Waals surface area contributed by atoms with E-state index in [-0.39, 0.29) is 16.8 Å². The number of rotatable bonds is 11. The van der Waals surface area contributed by atoms with Gasteiger partial charge in [0.05, 0.1) is 5.39 Å². The first kappa shape index (κ1) is 27.7. The molecule has 0 spiro atoms. The van der Waals surface area contributed by atoms with Crippen molar-refractivity contribution >= 4 is 28.0 Å². The molecule has 39 heavy (non-hydrogen) atoms. The Kier molecular flexibility index (Phi) is 9.22. The number of aromatic amines is 1. The predicted octanol–water partition coefficient (Wildman–Crippen LogP) is 5.82. The smallest absolute Gasteiger partial charge is 0.245 e. The first-order valence-corrected chi connectivity index (χ1v) is 12.8. The zero-order chi connectivity index (χ0) is 27.8. The van der Waals surface area contributed by atoms with Crippen molar-refractivity contribution in [2.24, 2.45) is 0 Å². The van der Waals surface area contributed by atoms with Crippen LogP contribution in [0.3, 0.4) is 0 Å². The number of nitrogens with one attached hydrogen (secondary N) is 2. The van der Waals surface area contributed by atoms with E-state index in [0.29, 0.717) is 37.4 Å². The minimum Gasteiger partial charge on any atom is -0.492 e. The fourth-order valence-electron chi connectivity index (χ4n) is 4.33. The third-order valence-corrected chi connectivity index (χ3v) is 6.30. The van der Waals surface area contributed by atoms with E-state index in [4.69, 9.17) is 4.74 Å². The lowest BCUT2D eigenvalue weighted by Gasteiger charge is -2.17. The molecule has 8 heteroatoms. The Balaban J connectivity index is 1.56. The fourth-order valence-corrected chi connectivity index (χ4v) is 4.33. The highest BCUT2D eigenvalue weighted by molar-refractivity contribution is 6.00. The van der Waals surface area contributed by atoms with Gasteiger partial charge in [-0.25, -0.2) is 4.39 Å². The summed E-state index contributed by atoms with van der Waals surface area (Å²) in [5.74, 6) is -0.663. The number of benzene rings is 3. The van der Waals surface area contributed by atoms with Crippen molar-refractivity contribution in [3.05, 3.63) is 107 Å². The summed E-state index contributed by atoms with van der Waals surface area (Å²) >= 11 is 0. The summed E-state index contributed by atoms with van der Waals surface area (Å²) in [6, 6.07) is 20.6. The van der Waals surface area contributed by atoms with Gasteiger partial charge in [-0.15, -0.1) is 5.10 Å². The van der Waals surface area contributed by atoms with E-state index >= 15 is 0 Å². The quantitative estimate of drug-likeness (QED) is 0.146. The maximum Gasteiger partial charge on any atom is 0.245 e. The van der Waals surface area contributed by atoms with Crippen LogP contribution in [0.1, 0.15) is 30.0 Å². The number of allylic oxidation sites excluding steroid dienone is 1. The molecule has 202 valence electrons. The Morgan fingerprint density at radius 1 is 1.03 bits per heavy atom. The Hall–Kier alpha value is -4.30. The van der Waals surface area contributed by atoms with E-state index in [1.165, 1.54) is 17.0 Å². The van der Waals surface area contributed by atoms with Gasteiger partial charge in [-0.3, -0.25) is 9.89 Å². The van der Waals surface area contributed by atoms with Crippen LogP contribution in [0.4, 0.5) is 8.78 Å². The molecule has 4 aromatic rings. The van der Waals surface area contributed by atoms with Gasteiger partial charge in [0.2, 0.25) is 11.9 Å². The maximum absolute atomic E-state index is 15.0. The molecule has 0 aliphatic rings. The second-order valence-electron chi connectivity index (χ2n) is 9.18. The lowest BCUT2D eigenvalue weighted by atomic mass is 9.87. The zero-order valence-electron chi connectivity index (χ0n) is 22.3. The predicted molar refractivity (Wildman–Crippen MR) is 151 cm³/mol. The molecule has 0 saturated heterocycles. The van der Waals surface area contributed by atoms with E-state index < -0.39 is 11.8 Å². The summed E-state index contributed by atoms with van der Waals surface area (Å²) in [4.78, 5) is 13.1. The average Bonchev–Trinajstić information content (AvgIpc) is 3.32. The molecule has 0 bridgehead atoms. The number of hydrogen-bond donors (Lipinski definition) is 2. The lowest BCUT2D eigenvalue weighted by molar-refractivity contribution is -0.123. The lowest BCUT2D eigenvalue weighted by Crippen LogP contribution is -2.22. The second-order valence-corrected chi connectivity index (χ2v) is 9.18. The molecule has 0 aliphatic carbocycles. The standard InChI is InChI=1S/C31H32F2N4O2/c1-4-25(21-9-6-5-7-10-21)29(23-19-26-30(27(32)20-23)35-36-31(26)33)22-12-14-24(15-13-22)39-18-17-34-16-8-11-28(38)37(2)3/h5-15,19-20,34H,4,16-18H2,1-3H3,(H,35,36). The van der Waals surface area contributed by atoms with Gasteiger partial charge < -0.3 is 15.0 Å². The summed E-state index contributed by atoms with van der Waals surface area (Å²) in [6.07, 6.45) is 3.99. The van der Waals surface area contributed by atoms with Crippen molar-refractivity contribution in [1.82, 2.24) is 20.4 Å². The molecular weight excluding hydrogens is 498 g/mol. The van der Waals surface area contributed by atoms with Crippen LogP contribution in [-0.4, -0.2) is 54.8 Å². The molecule has 1 heterocycles. The van der Waals surface area contributed by atoms with E-state index in [0.717, 1.165) is 22.3 Å². The van der Waals surface area contributed by atoms with Crippen LogP contribution in [0, 0.1) is 11.8 Å².